The molecule has 2 rings (SSSR count). The molecule has 2 heterocycles. The molecule has 0 amide bonds. The fraction of sp³-hybridized carbons (Fsp3) is 0.600. The molecule has 0 spiro atoms. The van der Waals surface area contributed by atoms with Crippen molar-refractivity contribution in [3.63, 3.8) is 0 Å². The van der Waals surface area contributed by atoms with Gasteiger partial charge in [0.15, 0.2) is 0 Å². The van der Waals surface area contributed by atoms with Crippen LogP contribution in [0.1, 0.15) is 55.7 Å². The molecule has 20 heavy (non-hydrogen) atoms. The molecule has 0 aliphatic rings. The van der Waals surface area contributed by atoms with Crippen LogP contribution in [-0.4, -0.2) is 21.3 Å². The van der Waals surface area contributed by atoms with E-state index in [9.17, 15) is 0 Å². The second kappa shape index (κ2) is 6.99. The van der Waals surface area contributed by atoms with Crippen molar-refractivity contribution in [3.05, 3.63) is 34.0 Å². The highest BCUT2D eigenvalue weighted by atomic mass is 32.1. The normalized spacial score (nSPS) is 13.1. The Morgan fingerprint density at radius 2 is 2.20 bits per heavy atom. The van der Waals surface area contributed by atoms with Gasteiger partial charge < -0.3 is 5.32 Å². The smallest absolute Gasteiger partial charge is 0.0898 e. The molecular formula is C15H24N4S. The van der Waals surface area contributed by atoms with Crippen LogP contribution >= 0.6 is 11.3 Å². The van der Waals surface area contributed by atoms with E-state index in [0.717, 1.165) is 35.8 Å². The third kappa shape index (κ3) is 3.90. The van der Waals surface area contributed by atoms with Crippen LogP contribution < -0.4 is 5.32 Å². The maximum Gasteiger partial charge on any atom is 0.0898 e. The summed E-state index contributed by atoms with van der Waals surface area (Å²) in [5.41, 5.74) is 2.26. The molecule has 0 bridgehead atoms. The van der Waals surface area contributed by atoms with Gasteiger partial charge in [-0.05, 0) is 39.8 Å². The third-order valence-electron chi connectivity index (χ3n) is 3.24. The van der Waals surface area contributed by atoms with Gasteiger partial charge in [-0.15, -0.1) is 11.3 Å². The van der Waals surface area contributed by atoms with Crippen molar-refractivity contribution in [3.8, 4) is 0 Å². The summed E-state index contributed by atoms with van der Waals surface area (Å²) in [6, 6.07) is 2.78. The van der Waals surface area contributed by atoms with Crippen molar-refractivity contribution in [2.24, 2.45) is 0 Å². The Balaban J connectivity index is 2.10. The van der Waals surface area contributed by atoms with Crippen LogP contribution in [0.4, 0.5) is 0 Å². The minimum atomic E-state index is 0.260. The average molecular weight is 292 g/mol. The molecule has 0 aliphatic carbocycles. The van der Waals surface area contributed by atoms with Crippen LogP contribution in [0.25, 0.3) is 0 Å². The molecule has 2 aromatic heterocycles. The Morgan fingerprint density at radius 3 is 2.75 bits per heavy atom. The van der Waals surface area contributed by atoms with Crippen LogP contribution in [0.15, 0.2) is 17.6 Å². The first-order valence-corrected chi connectivity index (χ1v) is 8.17. The SMILES string of the molecule is CCCNC(Cc1ccn(C(C)C)n1)c1csc(C)n1. The number of nitrogens with zero attached hydrogens (tertiary/aromatic N) is 3. The van der Waals surface area contributed by atoms with E-state index >= 15 is 0 Å². The Kier molecular flexibility index (Phi) is 5.31. The summed E-state index contributed by atoms with van der Waals surface area (Å²) in [5, 5.41) is 11.5. The summed E-state index contributed by atoms with van der Waals surface area (Å²) in [4.78, 5) is 4.62. The van der Waals surface area contributed by atoms with Gasteiger partial charge in [-0.2, -0.15) is 5.10 Å². The Bertz CT molecular complexity index is 529. The van der Waals surface area contributed by atoms with Gasteiger partial charge >= 0.3 is 0 Å². The van der Waals surface area contributed by atoms with Crippen LogP contribution in [0.3, 0.4) is 0 Å². The Hall–Kier alpha value is -1.20. The fourth-order valence-electron chi connectivity index (χ4n) is 2.12. The van der Waals surface area contributed by atoms with Gasteiger partial charge in [0, 0.05) is 24.0 Å². The van der Waals surface area contributed by atoms with Crippen molar-refractivity contribution >= 4 is 11.3 Å². The van der Waals surface area contributed by atoms with Crippen molar-refractivity contribution in [1.29, 1.82) is 0 Å². The summed E-state index contributed by atoms with van der Waals surface area (Å²) in [7, 11) is 0. The molecule has 2 aromatic rings. The lowest BCUT2D eigenvalue weighted by Gasteiger charge is -2.15. The molecule has 1 N–H and O–H groups in total. The number of hydrogen-bond acceptors (Lipinski definition) is 4. The van der Waals surface area contributed by atoms with Gasteiger partial charge in [0.1, 0.15) is 0 Å². The van der Waals surface area contributed by atoms with Crippen molar-refractivity contribution < 1.29 is 0 Å². The molecule has 110 valence electrons. The Morgan fingerprint density at radius 1 is 1.40 bits per heavy atom. The second-order valence-electron chi connectivity index (χ2n) is 5.38. The number of hydrogen-bond donors (Lipinski definition) is 1. The minimum Gasteiger partial charge on any atom is -0.308 e. The first-order valence-electron chi connectivity index (χ1n) is 7.29. The van der Waals surface area contributed by atoms with E-state index in [4.69, 9.17) is 0 Å². The fourth-order valence-corrected chi connectivity index (χ4v) is 2.79. The summed E-state index contributed by atoms with van der Waals surface area (Å²) in [5.74, 6) is 0. The topological polar surface area (TPSA) is 42.7 Å². The van der Waals surface area contributed by atoms with Crippen LogP contribution in [0, 0.1) is 6.92 Å². The first-order chi connectivity index (χ1) is 9.60. The molecular weight excluding hydrogens is 268 g/mol. The van der Waals surface area contributed by atoms with E-state index in [2.05, 4.69) is 60.7 Å². The number of aromatic nitrogens is 3. The van der Waals surface area contributed by atoms with E-state index in [1.165, 1.54) is 0 Å². The predicted octanol–water partition coefficient (Wildman–Crippen LogP) is 3.51. The Labute approximate surface area is 125 Å². The monoisotopic (exact) mass is 292 g/mol. The molecule has 0 saturated carbocycles. The standard InChI is InChI=1S/C15H24N4S/c1-5-7-16-14(15-10-20-12(4)17-15)9-13-6-8-19(18-13)11(2)3/h6,8,10-11,14,16H,5,7,9H2,1-4H3. The van der Waals surface area contributed by atoms with E-state index < -0.39 is 0 Å². The molecule has 1 atom stereocenters. The number of rotatable bonds is 7. The van der Waals surface area contributed by atoms with Crippen LogP contribution in [0.2, 0.25) is 0 Å². The number of aryl methyl sites for hydroxylation is 1. The van der Waals surface area contributed by atoms with Crippen molar-refractivity contribution in [1.82, 2.24) is 20.1 Å². The van der Waals surface area contributed by atoms with E-state index in [0.29, 0.717) is 6.04 Å². The van der Waals surface area contributed by atoms with Crippen molar-refractivity contribution in [2.75, 3.05) is 6.54 Å². The summed E-state index contributed by atoms with van der Waals surface area (Å²) in [6.45, 7) is 9.54. The zero-order valence-corrected chi connectivity index (χ0v) is 13.6. The van der Waals surface area contributed by atoms with Gasteiger partial charge in [-0.1, -0.05) is 6.92 Å². The van der Waals surface area contributed by atoms with E-state index in [1.807, 2.05) is 4.68 Å². The number of thiazole rings is 1. The highest BCUT2D eigenvalue weighted by molar-refractivity contribution is 7.09. The molecule has 0 aromatic carbocycles. The molecule has 0 fully saturated rings. The maximum absolute atomic E-state index is 4.64. The van der Waals surface area contributed by atoms with E-state index in [-0.39, 0.29) is 6.04 Å². The quantitative estimate of drug-likeness (QED) is 0.849. The maximum atomic E-state index is 4.64. The summed E-state index contributed by atoms with van der Waals surface area (Å²) >= 11 is 1.71. The van der Waals surface area contributed by atoms with Gasteiger partial charge in [0.25, 0.3) is 0 Å². The molecule has 0 aliphatic heterocycles. The molecule has 1 unspecified atom stereocenters. The second-order valence-corrected chi connectivity index (χ2v) is 6.45. The van der Waals surface area contributed by atoms with Crippen molar-refractivity contribution in [2.45, 2.75) is 52.6 Å². The lowest BCUT2D eigenvalue weighted by atomic mass is 10.1. The zero-order valence-electron chi connectivity index (χ0n) is 12.8. The molecule has 0 saturated heterocycles. The molecule has 4 nitrogen and oxygen atoms in total. The first kappa shape index (κ1) is 15.2. The van der Waals surface area contributed by atoms with E-state index in [1.54, 1.807) is 11.3 Å². The minimum absolute atomic E-state index is 0.260. The lowest BCUT2D eigenvalue weighted by Crippen LogP contribution is -2.24. The highest BCUT2D eigenvalue weighted by Crippen LogP contribution is 2.20. The largest absolute Gasteiger partial charge is 0.308 e. The molecule has 5 heteroatoms. The predicted molar refractivity (Wildman–Crippen MR) is 84.2 cm³/mol. The van der Waals surface area contributed by atoms with Gasteiger partial charge in [0.05, 0.1) is 22.4 Å². The third-order valence-corrected chi connectivity index (χ3v) is 4.03. The average Bonchev–Trinajstić information content (AvgIpc) is 3.03. The highest BCUT2D eigenvalue weighted by Gasteiger charge is 2.16. The number of nitrogens with one attached hydrogen (secondary N) is 1. The lowest BCUT2D eigenvalue weighted by molar-refractivity contribution is 0.494. The van der Waals surface area contributed by atoms with Crippen LogP contribution in [0.5, 0.6) is 0 Å². The van der Waals surface area contributed by atoms with Gasteiger partial charge in [-0.25, -0.2) is 4.98 Å². The van der Waals surface area contributed by atoms with Gasteiger partial charge in [0.2, 0.25) is 0 Å². The molecule has 0 radical (unpaired) electrons. The zero-order chi connectivity index (χ0) is 14.5. The van der Waals surface area contributed by atoms with Crippen LogP contribution in [-0.2, 0) is 6.42 Å². The van der Waals surface area contributed by atoms with Gasteiger partial charge in [-0.3, -0.25) is 4.68 Å². The summed E-state index contributed by atoms with van der Waals surface area (Å²) < 4.78 is 2.01. The summed E-state index contributed by atoms with van der Waals surface area (Å²) in [6.07, 6.45) is 4.08.